The molecule has 1 saturated heterocycles. The van der Waals surface area contributed by atoms with Crippen molar-refractivity contribution in [3.8, 4) is 0 Å². The first kappa shape index (κ1) is 14.1. The first-order valence-corrected chi connectivity index (χ1v) is 9.35. The van der Waals surface area contributed by atoms with E-state index in [0.717, 1.165) is 24.3 Å². The second-order valence-corrected chi connectivity index (χ2v) is 9.26. The Balaban J connectivity index is 1.43. The number of hydrogen-bond donors (Lipinski definition) is 0. The average molecular weight is 313 g/mol. The summed E-state index contributed by atoms with van der Waals surface area (Å²) in [5, 5.41) is 4.75. The fourth-order valence-corrected chi connectivity index (χ4v) is 5.41. The summed E-state index contributed by atoms with van der Waals surface area (Å²) in [7, 11) is 0. The van der Waals surface area contributed by atoms with E-state index in [1.54, 1.807) is 0 Å². The van der Waals surface area contributed by atoms with Gasteiger partial charge in [0.15, 0.2) is 5.69 Å². The van der Waals surface area contributed by atoms with Gasteiger partial charge >= 0.3 is 0 Å². The molecule has 4 nitrogen and oxygen atoms in total. The van der Waals surface area contributed by atoms with Crippen LogP contribution >= 0.6 is 0 Å². The Bertz CT molecular complexity index is 665. The van der Waals surface area contributed by atoms with Crippen molar-refractivity contribution < 1.29 is 4.79 Å². The highest BCUT2D eigenvalue weighted by atomic mass is 16.2. The molecule has 5 rings (SSSR count). The quantitative estimate of drug-likeness (QED) is 0.839. The van der Waals surface area contributed by atoms with Gasteiger partial charge in [-0.25, -0.2) is 0 Å². The first-order chi connectivity index (χ1) is 10.9. The number of aromatic nitrogens is 2. The number of amides is 1. The lowest BCUT2D eigenvalue weighted by atomic mass is 9.76. The minimum atomic E-state index is -0.0552. The largest absolute Gasteiger partial charge is 0.333 e. The molecule has 4 atom stereocenters. The normalized spacial score (nSPS) is 35.3. The van der Waals surface area contributed by atoms with Crippen LogP contribution in [0.4, 0.5) is 0 Å². The summed E-state index contributed by atoms with van der Waals surface area (Å²) in [5.74, 6) is 3.28. The lowest BCUT2D eigenvalue weighted by Crippen LogP contribution is -2.61. The summed E-state index contributed by atoms with van der Waals surface area (Å²) in [6.07, 6.45) is 6.59. The maximum absolute atomic E-state index is 13.0. The molecule has 124 valence electrons. The van der Waals surface area contributed by atoms with Gasteiger partial charge in [0.2, 0.25) is 0 Å². The fraction of sp³-hybridized carbons (Fsp3) is 0.789. The summed E-state index contributed by atoms with van der Waals surface area (Å²) in [6.45, 7) is 7.51. The van der Waals surface area contributed by atoms with E-state index in [9.17, 15) is 4.79 Å². The van der Waals surface area contributed by atoms with Crippen molar-refractivity contribution in [3.05, 3.63) is 17.5 Å². The van der Waals surface area contributed by atoms with Gasteiger partial charge in [0, 0.05) is 30.1 Å². The molecular weight excluding hydrogens is 286 g/mol. The molecule has 4 heteroatoms. The Hall–Kier alpha value is -1.32. The topological polar surface area (TPSA) is 38.1 Å². The molecule has 0 aromatic carbocycles. The highest BCUT2D eigenvalue weighted by Crippen LogP contribution is 2.55. The van der Waals surface area contributed by atoms with Gasteiger partial charge in [-0.1, -0.05) is 0 Å². The van der Waals surface area contributed by atoms with E-state index in [2.05, 4.69) is 36.4 Å². The second kappa shape index (κ2) is 4.40. The molecule has 1 aromatic rings. The molecule has 3 aliphatic carbocycles. The van der Waals surface area contributed by atoms with Crippen molar-refractivity contribution in [2.45, 2.75) is 70.4 Å². The van der Waals surface area contributed by atoms with Crippen molar-refractivity contribution >= 4 is 5.91 Å². The van der Waals surface area contributed by atoms with Crippen LogP contribution < -0.4 is 0 Å². The van der Waals surface area contributed by atoms with Crippen LogP contribution in [0.1, 0.15) is 75.0 Å². The molecule has 23 heavy (non-hydrogen) atoms. The molecule has 2 heterocycles. The maximum atomic E-state index is 13.0. The van der Waals surface area contributed by atoms with Crippen molar-refractivity contribution in [1.82, 2.24) is 14.7 Å². The van der Waals surface area contributed by atoms with Crippen LogP contribution in [0.3, 0.4) is 0 Å². The van der Waals surface area contributed by atoms with Crippen LogP contribution in [0.2, 0.25) is 0 Å². The van der Waals surface area contributed by atoms with Gasteiger partial charge in [0.05, 0.1) is 5.54 Å². The van der Waals surface area contributed by atoms with Crippen molar-refractivity contribution in [2.24, 2.45) is 17.8 Å². The van der Waals surface area contributed by atoms with Gasteiger partial charge in [-0.05, 0) is 70.8 Å². The van der Waals surface area contributed by atoms with Gasteiger partial charge in [0.1, 0.15) is 0 Å². The van der Waals surface area contributed by atoms with E-state index < -0.39 is 0 Å². The third-order valence-corrected chi connectivity index (χ3v) is 6.66. The molecule has 1 aliphatic heterocycles. The molecular formula is C19H27N3O. The smallest absolute Gasteiger partial charge is 0.274 e. The van der Waals surface area contributed by atoms with Gasteiger partial charge in [0.25, 0.3) is 5.91 Å². The number of likely N-dealkylation sites (tertiary alicyclic amines) is 1. The number of nitrogens with zero attached hydrogens (tertiary/aromatic N) is 3. The molecule has 0 unspecified atom stereocenters. The minimum Gasteiger partial charge on any atom is -0.333 e. The highest BCUT2D eigenvalue weighted by molar-refractivity contribution is 5.93. The third kappa shape index (κ3) is 1.96. The van der Waals surface area contributed by atoms with Crippen LogP contribution in [0, 0.1) is 17.8 Å². The van der Waals surface area contributed by atoms with Gasteiger partial charge in [-0.3, -0.25) is 9.48 Å². The second-order valence-electron chi connectivity index (χ2n) is 9.26. The first-order valence-electron chi connectivity index (χ1n) is 9.35. The zero-order chi connectivity index (χ0) is 15.9. The monoisotopic (exact) mass is 313 g/mol. The van der Waals surface area contributed by atoms with E-state index in [1.165, 1.54) is 37.8 Å². The van der Waals surface area contributed by atoms with Gasteiger partial charge < -0.3 is 4.90 Å². The molecule has 0 spiro atoms. The molecule has 2 bridgehead atoms. The lowest BCUT2D eigenvalue weighted by molar-refractivity contribution is -0.00959. The Kier molecular flexibility index (Phi) is 2.69. The van der Waals surface area contributed by atoms with Crippen molar-refractivity contribution in [1.29, 1.82) is 0 Å². The number of fused-ring (bicyclic) bond motifs is 5. The SMILES string of the molecule is CC(C)(C)n1nc(C(=O)N2C[C@@H]3[C@H]4CC[C@@H](C4)[C@@H]32)cc1C1CC1. The molecule has 0 N–H and O–H groups in total. The van der Waals surface area contributed by atoms with Crippen LogP contribution in [0.5, 0.6) is 0 Å². The number of hydrogen-bond acceptors (Lipinski definition) is 2. The van der Waals surface area contributed by atoms with Crippen molar-refractivity contribution in [3.63, 3.8) is 0 Å². The summed E-state index contributed by atoms with van der Waals surface area (Å²) >= 11 is 0. The van der Waals surface area contributed by atoms with Crippen LogP contribution in [0.25, 0.3) is 0 Å². The van der Waals surface area contributed by atoms with Crippen molar-refractivity contribution in [2.75, 3.05) is 6.54 Å². The Morgan fingerprint density at radius 1 is 1.17 bits per heavy atom. The Morgan fingerprint density at radius 2 is 1.91 bits per heavy atom. The van der Waals surface area contributed by atoms with Crippen LogP contribution in [-0.4, -0.2) is 33.2 Å². The Labute approximate surface area is 138 Å². The van der Waals surface area contributed by atoms with E-state index in [-0.39, 0.29) is 11.4 Å². The molecule has 1 amide bonds. The zero-order valence-electron chi connectivity index (χ0n) is 14.5. The van der Waals surface area contributed by atoms with E-state index in [1.807, 2.05) is 0 Å². The molecule has 1 aromatic heterocycles. The van der Waals surface area contributed by atoms with Gasteiger partial charge in [-0.15, -0.1) is 0 Å². The summed E-state index contributed by atoms with van der Waals surface area (Å²) in [4.78, 5) is 15.2. The molecule has 3 saturated carbocycles. The zero-order valence-corrected chi connectivity index (χ0v) is 14.5. The van der Waals surface area contributed by atoms with E-state index in [4.69, 9.17) is 5.10 Å². The summed E-state index contributed by atoms with van der Waals surface area (Å²) in [5.41, 5.74) is 1.90. The predicted octanol–water partition coefficient (Wildman–Crippen LogP) is 3.39. The molecule has 4 fully saturated rings. The summed E-state index contributed by atoms with van der Waals surface area (Å²) < 4.78 is 2.11. The number of carbonyl (C=O) groups is 1. The van der Waals surface area contributed by atoms with E-state index in [0.29, 0.717) is 17.7 Å². The molecule has 4 aliphatic rings. The standard InChI is InChI=1S/C19H27N3O/c1-19(2,3)22-16(11-4-5-11)9-15(20-22)18(23)21-10-14-12-6-7-13(8-12)17(14)21/h9,11-14,17H,4-8,10H2,1-3H3/t12-,13-,14+,17-/m0/s1. The van der Waals surface area contributed by atoms with Crippen LogP contribution in [0.15, 0.2) is 6.07 Å². The number of rotatable bonds is 2. The van der Waals surface area contributed by atoms with E-state index >= 15 is 0 Å². The predicted molar refractivity (Wildman–Crippen MR) is 88.3 cm³/mol. The van der Waals surface area contributed by atoms with Gasteiger partial charge in [-0.2, -0.15) is 5.10 Å². The Morgan fingerprint density at radius 3 is 2.57 bits per heavy atom. The highest BCUT2D eigenvalue weighted by Gasteiger charge is 2.58. The minimum absolute atomic E-state index is 0.0552. The molecule has 0 radical (unpaired) electrons. The third-order valence-electron chi connectivity index (χ3n) is 6.66. The maximum Gasteiger partial charge on any atom is 0.274 e. The summed E-state index contributed by atoms with van der Waals surface area (Å²) in [6, 6.07) is 2.62. The average Bonchev–Trinajstić information content (AvgIpc) is 2.92. The number of carbonyl (C=O) groups excluding carboxylic acids is 1. The fourth-order valence-electron chi connectivity index (χ4n) is 5.41. The lowest BCUT2D eigenvalue weighted by Gasteiger charge is -2.50. The van der Waals surface area contributed by atoms with Crippen LogP contribution in [-0.2, 0) is 5.54 Å².